The van der Waals surface area contributed by atoms with Crippen LogP contribution in [0, 0.1) is 6.92 Å². The van der Waals surface area contributed by atoms with E-state index < -0.39 is 0 Å². The van der Waals surface area contributed by atoms with Crippen LogP contribution in [0.5, 0.6) is 0 Å². The highest BCUT2D eigenvalue weighted by atomic mass is 16.2. The Hall–Kier alpha value is -3.48. The first-order valence-corrected chi connectivity index (χ1v) is 12.9. The van der Waals surface area contributed by atoms with Crippen molar-refractivity contribution < 1.29 is 4.79 Å². The van der Waals surface area contributed by atoms with Gasteiger partial charge in [-0.15, -0.1) is 10.2 Å². The fraction of sp³-hybridized carbons (Fsp3) is 0.429. The van der Waals surface area contributed by atoms with Crippen molar-refractivity contribution in [2.24, 2.45) is 0 Å². The maximum atomic E-state index is 13.2. The lowest BCUT2D eigenvalue weighted by atomic mass is 9.89. The predicted octanol–water partition coefficient (Wildman–Crippen LogP) is 4.98. The molecular weight excluding hydrogens is 436 g/mol. The molecule has 1 atom stereocenters. The maximum absolute atomic E-state index is 13.2. The average molecular weight is 469 g/mol. The van der Waals surface area contributed by atoms with E-state index in [0.717, 1.165) is 59.8 Å². The average Bonchev–Trinajstić information content (AvgIpc) is 3.35. The summed E-state index contributed by atoms with van der Waals surface area (Å²) in [4.78, 5) is 22.6. The number of rotatable bonds is 3. The minimum atomic E-state index is 0.0663. The first-order chi connectivity index (χ1) is 17.1. The molecule has 1 aliphatic carbocycles. The van der Waals surface area contributed by atoms with E-state index >= 15 is 0 Å². The molecule has 0 spiro atoms. The number of aryl methyl sites for hydroxylation is 1. The summed E-state index contributed by atoms with van der Waals surface area (Å²) in [6.45, 7) is 6.34. The summed E-state index contributed by atoms with van der Waals surface area (Å²) in [7, 11) is 0. The quantitative estimate of drug-likeness (QED) is 0.424. The summed E-state index contributed by atoms with van der Waals surface area (Å²) in [6.07, 6.45) is 6.09. The maximum Gasteiger partial charge on any atom is 0.254 e. The molecule has 2 aromatic heterocycles. The van der Waals surface area contributed by atoms with Gasteiger partial charge in [0.05, 0.1) is 5.52 Å². The number of hydrogen-bond donors (Lipinski definition) is 0. The van der Waals surface area contributed by atoms with Gasteiger partial charge in [0.1, 0.15) is 5.82 Å². The van der Waals surface area contributed by atoms with Crippen LogP contribution in [0.4, 0.5) is 5.95 Å². The number of nitrogens with zero attached hydrogens (tertiary/aromatic N) is 6. The molecule has 2 aromatic carbocycles. The fourth-order valence-electron chi connectivity index (χ4n) is 5.78. The smallest absolute Gasteiger partial charge is 0.254 e. The van der Waals surface area contributed by atoms with Crippen LogP contribution in [-0.2, 0) is 0 Å². The van der Waals surface area contributed by atoms with Crippen molar-refractivity contribution in [3.05, 3.63) is 65.5 Å². The molecule has 0 unspecified atom stereocenters. The van der Waals surface area contributed by atoms with E-state index in [1.807, 2.05) is 35.2 Å². The lowest BCUT2D eigenvalue weighted by molar-refractivity contribution is 0.0673. The van der Waals surface area contributed by atoms with E-state index in [0.29, 0.717) is 12.5 Å². The summed E-state index contributed by atoms with van der Waals surface area (Å²) >= 11 is 0. The second-order valence-corrected chi connectivity index (χ2v) is 10.1. The molecule has 0 N–H and O–H groups in total. The van der Waals surface area contributed by atoms with Gasteiger partial charge in [-0.05, 0) is 51.0 Å². The van der Waals surface area contributed by atoms with Crippen LogP contribution >= 0.6 is 0 Å². The zero-order chi connectivity index (χ0) is 23.9. The molecule has 35 heavy (non-hydrogen) atoms. The van der Waals surface area contributed by atoms with Crippen molar-refractivity contribution in [1.29, 1.82) is 0 Å². The molecule has 1 aliphatic heterocycles. The lowest BCUT2D eigenvalue weighted by Gasteiger charge is -2.40. The van der Waals surface area contributed by atoms with Crippen LogP contribution in [0.1, 0.15) is 66.7 Å². The van der Waals surface area contributed by atoms with Gasteiger partial charge in [0, 0.05) is 42.5 Å². The molecule has 2 fully saturated rings. The van der Waals surface area contributed by atoms with Crippen molar-refractivity contribution >= 4 is 28.4 Å². The van der Waals surface area contributed by atoms with Gasteiger partial charge < -0.3 is 9.80 Å². The van der Waals surface area contributed by atoms with Crippen LogP contribution in [-0.4, -0.2) is 56.1 Å². The van der Waals surface area contributed by atoms with Gasteiger partial charge in [0.25, 0.3) is 5.91 Å². The Labute approximate surface area is 205 Å². The molecule has 2 aliphatic rings. The van der Waals surface area contributed by atoms with Gasteiger partial charge in [0.15, 0.2) is 5.65 Å². The standard InChI is InChI=1S/C28H32N6O/c1-19-13-14-24-23(17-19)26-31-30-25(21-9-5-3-6-10-21)34(26)28(29-24)32-15-16-33(20(2)18-32)27(35)22-11-7-4-8-12-22/h4,7-8,11-14,17,20-21H,3,5-6,9-10,15-16,18H2,1-2H3/t20-/m1/s1. The Morgan fingerprint density at radius 1 is 0.971 bits per heavy atom. The minimum Gasteiger partial charge on any atom is -0.338 e. The van der Waals surface area contributed by atoms with E-state index in [4.69, 9.17) is 15.2 Å². The minimum absolute atomic E-state index is 0.0663. The predicted molar refractivity (Wildman–Crippen MR) is 138 cm³/mol. The van der Waals surface area contributed by atoms with Gasteiger partial charge in [-0.1, -0.05) is 49.1 Å². The molecule has 1 saturated heterocycles. The van der Waals surface area contributed by atoms with Crippen LogP contribution in [0.2, 0.25) is 0 Å². The van der Waals surface area contributed by atoms with Crippen LogP contribution in [0.3, 0.4) is 0 Å². The summed E-state index contributed by atoms with van der Waals surface area (Å²) < 4.78 is 2.22. The van der Waals surface area contributed by atoms with Crippen molar-refractivity contribution in [2.45, 2.75) is 57.9 Å². The van der Waals surface area contributed by atoms with Gasteiger partial charge in [-0.3, -0.25) is 4.79 Å². The van der Waals surface area contributed by atoms with Crippen LogP contribution in [0.25, 0.3) is 16.6 Å². The highest BCUT2D eigenvalue weighted by Crippen LogP contribution is 2.35. The summed E-state index contributed by atoms with van der Waals surface area (Å²) in [5.74, 6) is 2.46. The van der Waals surface area contributed by atoms with E-state index in [2.05, 4.69) is 41.3 Å². The summed E-state index contributed by atoms with van der Waals surface area (Å²) in [5.41, 5.74) is 3.77. The number of amides is 1. The molecule has 3 heterocycles. The second-order valence-electron chi connectivity index (χ2n) is 10.1. The number of fused-ring (bicyclic) bond motifs is 3. The second kappa shape index (κ2) is 8.95. The lowest BCUT2D eigenvalue weighted by Crippen LogP contribution is -2.54. The third kappa shape index (κ3) is 3.93. The number of anilines is 1. The van der Waals surface area contributed by atoms with Gasteiger partial charge in [-0.2, -0.15) is 0 Å². The molecular formula is C28H32N6O. The zero-order valence-corrected chi connectivity index (χ0v) is 20.5. The number of aromatic nitrogens is 4. The highest BCUT2D eigenvalue weighted by Gasteiger charge is 2.32. The highest BCUT2D eigenvalue weighted by molar-refractivity contribution is 5.95. The van der Waals surface area contributed by atoms with Gasteiger partial charge in [-0.25, -0.2) is 9.38 Å². The van der Waals surface area contributed by atoms with E-state index in [-0.39, 0.29) is 11.9 Å². The normalized spacial score (nSPS) is 19.5. The Morgan fingerprint density at radius 2 is 1.77 bits per heavy atom. The SMILES string of the molecule is Cc1ccc2nc(N3CCN(C(=O)c4ccccc4)[C@H](C)C3)n3c(C4CCCCC4)nnc3c2c1. The first-order valence-electron chi connectivity index (χ1n) is 12.9. The number of carbonyl (C=O) groups excluding carboxylic acids is 1. The summed E-state index contributed by atoms with van der Waals surface area (Å²) in [5, 5.41) is 10.5. The molecule has 7 heteroatoms. The molecule has 0 bridgehead atoms. The fourth-order valence-corrected chi connectivity index (χ4v) is 5.78. The van der Waals surface area contributed by atoms with Crippen molar-refractivity contribution in [1.82, 2.24) is 24.5 Å². The van der Waals surface area contributed by atoms with Crippen LogP contribution < -0.4 is 4.90 Å². The largest absolute Gasteiger partial charge is 0.338 e. The number of carbonyl (C=O) groups is 1. The van der Waals surface area contributed by atoms with E-state index in [1.165, 1.54) is 24.8 Å². The molecule has 0 radical (unpaired) electrons. The Kier molecular flexibility index (Phi) is 5.63. The Morgan fingerprint density at radius 3 is 2.54 bits per heavy atom. The first kappa shape index (κ1) is 22.0. The Balaban J connectivity index is 1.39. The van der Waals surface area contributed by atoms with Crippen molar-refractivity contribution in [3.8, 4) is 0 Å². The molecule has 4 aromatic rings. The van der Waals surface area contributed by atoms with E-state index in [1.54, 1.807) is 0 Å². The number of benzene rings is 2. The molecule has 7 nitrogen and oxygen atoms in total. The van der Waals surface area contributed by atoms with Gasteiger partial charge >= 0.3 is 0 Å². The molecule has 1 saturated carbocycles. The zero-order valence-electron chi connectivity index (χ0n) is 20.5. The molecule has 1 amide bonds. The van der Waals surface area contributed by atoms with Crippen molar-refractivity contribution in [2.75, 3.05) is 24.5 Å². The topological polar surface area (TPSA) is 66.6 Å². The van der Waals surface area contributed by atoms with Gasteiger partial charge in [0.2, 0.25) is 5.95 Å². The van der Waals surface area contributed by atoms with Crippen molar-refractivity contribution in [3.63, 3.8) is 0 Å². The monoisotopic (exact) mass is 468 g/mol. The molecule has 6 rings (SSSR count). The van der Waals surface area contributed by atoms with E-state index in [9.17, 15) is 4.79 Å². The summed E-state index contributed by atoms with van der Waals surface area (Å²) in [6, 6.07) is 16.0. The Bertz CT molecular complexity index is 1370. The molecule has 180 valence electrons. The third-order valence-electron chi connectivity index (χ3n) is 7.66. The van der Waals surface area contributed by atoms with Crippen LogP contribution in [0.15, 0.2) is 48.5 Å². The third-order valence-corrected chi connectivity index (χ3v) is 7.66. The number of piperazine rings is 1. The number of hydrogen-bond acceptors (Lipinski definition) is 5.